The van der Waals surface area contributed by atoms with Crippen molar-refractivity contribution in [2.45, 2.75) is 6.92 Å². The molecule has 206 valence electrons. The zero-order chi connectivity index (χ0) is 30.0. The van der Waals surface area contributed by atoms with Gasteiger partial charge in [-0.15, -0.1) is 0 Å². The second-order valence-electron chi connectivity index (χ2n) is 10.9. The lowest BCUT2D eigenvalue weighted by Gasteiger charge is -2.27. The van der Waals surface area contributed by atoms with E-state index in [0.717, 1.165) is 55.3 Å². The highest BCUT2D eigenvalue weighted by molar-refractivity contribution is 6.13. The molecule has 0 bridgehead atoms. The molecule has 7 aromatic rings. The molecular weight excluding hydrogens is 534 g/mol. The van der Waals surface area contributed by atoms with E-state index in [4.69, 9.17) is 0 Å². The number of anilines is 3. The van der Waals surface area contributed by atoms with Crippen LogP contribution in [0.25, 0.3) is 44.5 Å². The number of hydrogen-bond donors (Lipinski definition) is 0. The van der Waals surface area contributed by atoms with Gasteiger partial charge in [0.25, 0.3) is 0 Å². The Morgan fingerprint density at radius 2 is 1.09 bits per heavy atom. The molecule has 0 aromatic heterocycles. The summed E-state index contributed by atoms with van der Waals surface area (Å²) in [6.07, 6.45) is 4.14. The van der Waals surface area contributed by atoms with Crippen LogP contribution in [-0.2, 0) is 0 Å². The number of aryl methyl sites for hydroxylation is 1. The maximum Gasteiger partial charge on any atom is 0.101 e. The molecule has 0 saturated carbocycles. The number of rotatable bonds is 5. The van der Waals surface area contributed by atoms with Gasteiger partial charge < -0.3 is 4.90 Å². The van der Waals surface area contributed by atoms with E-state index < -0.39 is 0 Å². The van der Waals surface area contributed by atoms with E-state index in [9.17, 15) is 10.5 Å². The Morgan fingerprint density at radius 3 is 1.84 bits per heavy atom. The monoisotopic (exact) mass is 561 g/mol. The van der Waals surface area contributed by atoms with Crippen LogP contribution in [0.3, 0.4) is 0 Å². The van der Waals surface area contributed by atoms with Gasteiger partial charge in [-0.25, -0.2) is 0 Å². The maximum absolute atomic E-state index is 10.0. The van der Waals surface area contributed by atoms with E-state index in [1.165, 1.54) is 10.8 Å². The molecule has 44 heavy (non-hydrogen) atoms. The van der Waals surface area contributed by atoms with Crippen molar-refractivity contribution >= 4 is 61.5 Å². The smallest absolute Gasteiger partial charge is 0.101 e. The third-order valence-corrected chi connectivity index (χ3v) is 8.16. The van der Waals surface area contributed by atoms with E-state index in [1.54, 1.807) is 0 Å². The third-order valence-electron chi connectivity index (χ3n) is 8.16. The molecular formula is C41H27N3. The van der Waals surface area contributed by atoms with Gasteiger partial charge in [-0.05, 0) is 70.6 Å². The van der Waals surface area contributed by atoms with Crippen molar-refractivity contribution in [3.63, 3.8) is 0 Å². The third kappa shape index (κ3) is 4.74. The van der Waals surface area contributed by atoms with Gasteiger partial charge in [-0.2, -0.15) is 10.5 Å². The first-order valence-electron chi connectivity index (χ1n) is 14.6. The first kappa shape index (κ1) is 26.7. The topological polar surface area (TPSA) is 50.8 Å². The summed E-state index contributed by atoms with van der Waals surface area (Å²) < 4.78 is 0. The average Bonchev–Trinajstić information content (AvgIpc) is 3.07. The van der Waals surface area contributed by atoms with E-state index in [1.807, 2.05) is 37.3 Å². The molecule has 0 radical (unpaired) electrons. The number of fused-ring (bicyclic) bond motifs is 4. The first-order chi connectivity index (χ1) is 21.6. The molecule has 3 nitrogen and oxygen atoms in total. The highest BCUT2D eigenvalue weighted by Gasteiger charge is 2.16. The van der Waals surface area contributed by atoms with Crippen molar-refractivity contribution in [1.29, 1.82) is 10.5 Å². The lowest BCUT2D eigenvalue weighted by Crippen LogP contribution is -2.10. The molecule has 3 heteroatoms. The summed E-state index contributed by atoms with van der Waals surface area (Å²) in [5.74, 6) is 0. The Balaban J connectivity index is 1.26. The number of nitriles is 2. The van der Waals surface area contributed by atoms with Gasteiger partial charge >= 0.3 is 0 Å². The summed E-state index contributed by atoms with van der Waals surface area (Å²) >= 11 is 0. The lowest BCUT2D eigenvalue weighted by atomic mass is 9.91. The lowest BCUT2D eigenvalue weighted by molar-refractivity contribution is 1.30. The van der Waals surface area contributed by atoms with Crippen molar-refractivity contribution in [3.8, 4) is 12.1 Å². The Kier molecular flexibility index (Phi) is 6.84. The summed E-state index contributed by atoms with van der Waals surface area (Å²) in [5, 5.41) is 26.0. The van der Waals surface area contributed by atoms with Crippen LogP contribution in [0.2, 0.25) is 0 Å². The Morgan fingerprint density at radius 1 is 0.500 bits per heavy atom. The predicted octanol–water partition coefficient (Wildman–Crippen LogP) is 10.8. The molecule has 0 spiro atoms. The number of nitrogens with zero attached hydrogens (tertiary/aromatic N) is 3. The summed E-state index contributed by atoms with van der Waals surface area (Å²) in [6.45, 7) is 2.00. The quantitative estimate of drug-likeness (QED) is 0.155. The first-order valence-corrected chi connectivity index (χ1v) is 14.6. The minimum atomic E-state index is 0.426. The molecule has 7 rings (SSSR count). The summed E-state index contributed by atoms with van der Waals surface area (Å²) in [4.78, 5) is 2.29. The van der Waals surface area contributed by atoms with Crippen molar-refractivity contribution in [2.24, 2.45) is 0 Å². The van der Waals surface area contributed by atoms with Gasteiger partial charge in [0.15, 0.2) is 0 Å². The van der Waals surface area contributed by atoms with E-state index in [-0.39, 0.29) is 0 Å². The van der Waals surface area contributed by atoms with Crippen molar-refractivity contribution < 1.29 is 0 Å². The van der Waals surface area contributed by atoms with Crippen LogP contribution in [0.4, 0.5) is 17.1 Å². The zero-order valence-electron chi connectivity index (χ0n) is 24.2. The number of hydrogen-bond acceptors (Lipinski definition) is 3. The molecule has 0 saturated heterocycles. The predicted molar refractivity (Wildman–Crippen MR) is 183 cm³/mol. The SMILES string of the molecule is Cc1ccc2c(c1)c(C#N)c(C#N)c1cc(/C=C\c3ccc(N(c4ccccc4)c4cccc5ccccc45)cc3)ccc12. The molecule has 0 aliphatic carbocycles. The molecule has 0 unspecified atom stereocenters. The second-order valence-corrected chi connectivity index (χ2v) is 10.9. The van der Waals surface area contributed by atoms with Crippen LogP contribution in [0.5, 0.6) is 0 Å². The minimum Gasteiger partial charge on any atom is -0.310 e. The fraction of sp³-hybridized carbons (Fsp3) is 0.0244. The Hall–Kier alpha value is -6.16. The van der Waals surface area contributed by atoms with Crippen molar-refractivity contribution in [3.05, 3.63) is 161 Å². The summed E-state index contributed by atoms with van der Waals surface area (Å²) in [6, 6.07) is 50.7. The molecule has 0 fully saturated rings. The van der Waals surface area contributed by atoms with Gasteiger partial charge in [0, 0.05) is 27.5 Å². The molecule has 0 amide bonds. The molecule has 0 aliphatic heterocycles. The van der Waals surface area contributed by atoms with Crippen LogP contribution in [0.15, 0.2) is 133 Å². The van der Waals surface area contributed by atoms with Gasteiger partial charge in [0.1, 0.15) is 12.1 Å². The molecule has 0 heterocycles. The summed E-state index contributed by atoms with van der Waals surface area (Å²) in [5.41, 5.74) is 7.24. The fourth-order valence-corrected chi connectivity index (χ4v) is 6.04. The molecule has 0 aliphatic rings. The van der Waals surface area contributed by atoms with Crippen LogP contribution in [-0.4, -0.2) is 0 Å². The number of benzene rings is 7. The van der Waals surface area contributed by atoms with Crippen molar-refractivity contribution in [2.75, 3.05) is 4.90 Å². The van der Waals surface area contributed by atoms with Crippen LogP contribution in [0.1, 0.15) is 27.8 Å². The zero-order valence-corrected chi connectivity index (χ0v) is 24.2. The highest BCUT2D eigenvalue weighted by atomic mass is 15.1. The van der Waals surface area contributed by atoms with Gasteiger partial charge in [-0.3, -0.25) is 0 Å². The van der Waals surface area contributed by atoms with Gasteiger partial charge in [0.05, 0.1) is 16.8 Å². The van der Waals surface area contributed by atoms with Gasteiger partial charge in [0.2, 0.25) is 0 Å². The van der Waals surface area contributed by atoms with Crippen LogP contribution in [0, 0.1) is 29.6 Å². The minimum absolute atomic E-state index is 0.426. The Bertz CT molecular complexity index is 2300. The van der Waals surface area contributed by atoms with E-state index >= 15 is 0 Å². The Labute approximate surface area is 256 Å². The standard InChI is InChI=1S/C41H27N3/c1-28-14-22-35-36-23-19-30(25-38(36)40(27-43)39(26-42)37(35)24-28)16-15-29-17-20-33(21-18-29)44(32-10-3-2-4-11-32)41-13-7-9-31-8-5-6-12-34(31)41/h2-25H,1H3/b16-15-. The van der Waals surface area contributed by atoms with E-state index in [2.05, 4.69) is 132 Å². The van der Waals surface area contributed by atoms with Crippen molar-refractivity contribution in [1.82, 2.24) is 0 Å². The molecule has 0 atom stereocenters. The largest absolute Gasteiger partial charge is 0.310 e. The number of para-hydroxylation sites is 1. The molecule has 7 aromatic carbocycles. The highest BCUT2D eigenvalue weighted by Crippen LogP contribution is 2.39. The van der Waals surface area contributed by atoms with E-state index in [0.29, 0.717) is 11.1 Å². The molecule has 0 N–H and O–H groups in total. The van der Waals surface area contributed by atoms with Crippen LogP contribution >= 0.6 is 0 Å². The second kappa shape index (κ2) is 11.3. The summed E-state index contributed by atoms with van der Waals surface area (Å²) in [7, 11) is 0. The average molecular weight is 562 g/mol. The maximum atomic E-state index is 10.0. The van der Waals surface area contributed by atoms with Crippen LogP contribution < -0.4 is 4.90 Å². The normalized spacial score (nSPS) is 11.2. The van der Waals surface area contributed by atoms with Gasteiger partial charge in [-0.1, -0.05) is 115 Å². The fourth-order valence-electron chi connectivity index (χ4n) is 6.04.